The van der Waals surface area contributed by atoms with E-state index in [4.69, 9.17) is 4.74 Å². The fraction of sp³-hybridized carbons (Fsp3) is 0.312. The van der Waals surface area contributed by atoms with Gasteiger partial charge in [-0.25, -0.2) is 9.97 Å². The minimum atomic E-state index is -0.132. The molecular formula is C16H17N5O2S. The lowest BCUT2D eigenvalue weighted by molar-refractivity contribution is 0.0954. The van der Waals surface area contributed by atoms with Gasteiger partial charge in [0, 0.05) is 13.1 Å². The van der Waals surface area contributed by atoms with Crippen LogP contribution in [0.25, 0.3) is 11.0 Å². The minimum Gasteiger partial charge on any atom is -0.378 e. The van der Waals surface area contributed by atoms with Crippen molar-refractivity contribution < 1.29 is 9.53 Å². The van der Waals surface area contributed by atoms with Crippen molar-refractivity contribution >= 4 is 33.4 Å². The van der Waals surface area contributed by atoms with E-state index >= 15 is 0 Å². The predicted molar refractivity (Wildman–Crippen MR) is 92.4 cm³/mol. The number of aromatic nitrogens is 3. The number of fused-ring (bicyclic) bond motifs is 1. The van der Waals surface area contributed by atoms with Crippen LogP contribution in [0.15, 0.2) is 30.5 Å². The molecule has 0 atom stereocenters. The van der Waals surface area contributed by atoms with E-state index in [0.29, 0.717) is 24.6 Å². The average Bonchev–Trinajstić information content (AvgIpc) is 3.27. The number of aromatic amines is 1. The zero-order valence-electron chi connectivity index (χ0n) is 13.0. The van der Waals surface area contributed by atoms with Gasteiger partial charge >= 0.3 is 0 Å². The van der Waals surface area contributed by atoms with E-state index in [0.717, 1.165) is 35.1 Å². The molecule has 4 rings (SSSR count). The molecule has 1 amide bonds. The summed E-state index contributed by atoms with van der Waals surface area (Å²) in [7, 11) is 0. The van der Waals surface area contributed by atoms with Gasteiger partial charge in [0.15, 0.2) is 5.13 Å². The normalized spacial score (nSPS) is 14.9. The Morgan fingerprint density at radius 3 is 3.00 bits per heavy atom. The van der Waals surface area contributed by atoms with Crippen LogP contribution < -0.4 is 10.2 Å². The third-order valence-corrected chi connectivity index (χ3v) is 4.91. The Kier molecular flexibility index (Phi) is 4.14. The van der Waals surface area contributed by atoms with Crippen molar-refractivity contribution in [3.05, 3.63) is 41.2 Å². The van der Waals surface area contributed by atoms with E-state index in [1.807, 2.05) is 24.3 Å². The maximum Gasteiger partial charge on any atom is 0.263 e. The molecule has 0 bridgehead atoms. The molecule has 124 valence electrons. The lowest BCUT2D eigenvalue weighted by Gasteiger charge is -2.25. The van der Waals surface area contributed by atoms with E-state index in [1.54, 1.807) is 6.20 Å². The lowest BCUT2D eigenvalue weighted by Crippen LogP contribution is -2.36. The second-order valence-electron chi connectivity index (χ2n) is 5.49. The van der Waals surface area contributed by atoms with Gasteiger partial charge in [-0.15, -0.1) is 0 Å². The standard InChI is InChI=1S/C16H17N5O2S/c22-15(13-9-18-16(24-13)21-5-7-23-8-6-21)17-10-14-19-11-3-1-2-4-12(11)20-14/h1-4,9H,5-8,10H2,(H,17,22)(H,19,20). The first-order chi connectivity index (χ1) is 11.8. The summed E-state index contributed by atoms with van der Waals surface area (Å²) in [6.07, 6.45) is 1.63. The molecule has 2 N–H and O–H groups in total. The molecule has 1 saturated heterocycles. The zero-order valence-corrected chi connectivity index (χ0v) is 13.8. The molecule has 0 spiro atoms. The fourth-order valence-corrected chi connectivity index (χ4v) is 3.50. The maximum absolute atomic E-state index is 12.3. The van der Waals surface area contributed by atoms with Gasteiger partial charge in [0.1, 0.15) is 10.7 Å². The molecule has 24 heavy (non-hydrogen) atoms. The first-order valence-corrected chi connectivity index (χ1v) is 8.61. The Morgan fingerprint density at radius 1 is 1.33 bits per heavy atom. The molecule has 2 aromatic heterocycles. The molecule has 1 aliphatic rings. The number of morpholine rings is 1. The van der Waals surface area contributed by atoms with Crippen LogP contribution in [0.1, 0.15) is 15.5 Å². The van der Waals surface area contributed by atoms with Crippen molar-refractivity contribution in [2.45, 2.75) is 6.54 Å². The quantitative estimate of drug-likeness (QED) is 0.754. The second kappa shape index (κ2) is 6.58. The number of rotatable bonds is 4. The van der Waals surface area contributed by atoms with Crippen molar-refractivity contribution in [1.29, 1.82) is 0 Å². The number of carbonyl (C=O) groups excluding carboxylic acids is 1. The molecule has 8 heteroatoms. The highest BCUT2D eigenvalue weighted by Gasteiger charge is 2.17. The molecule has 1 fully saturated rings. The Bertz CT molecular complexity index is 820. The summed E-state index contributed by atoms with van der Waals surface area (Å²) < 4.78 is 5.33. The van der Waals surface area contributed by atoms with Gasteiger partial charge in [-0.3, -0.25) is 4.79 Å². The second-order valence-corrected chi connectivity index (χ2v) is 6.50. The molecule has 0 radical (unpaired) electrons. The van der Waals surface area contributed by atoms with Crippen LogP contribution in [0.4, 0.5) is 5.13 Å². The summed E-state index contributed by atoms with van der Waals surface area (Å²) in [5, 5.41) is 3.75. The third kappa shape index (κ3) is 3.10. The average molecular weight is 343 g/mol. The molecule has 0 aliphatic carbocycles. The number of nitrogens with zero attached hydrogens (tertiary/aromatic N) is 3. The van der Waals surface area contributed by atoms with E-state index in [2.05, 4.69) is 25.2 Å². The molecule has 3 heterocycles. The van der Waals surface area contributed by atoms with Crippen LogP contribution >= 0.6 is 11.3 Å². The van der Waals surface area contributed by atoms with Gasteiger partial charge in [-0.05, 0) is 12.1 Å². The number of ether oxygens (including phenoxy) is 1. The van der Waals surface area contributed by atoms with Gasteiger partial charge in [0.25, 0.3) is 5.91 Å². The molecule has 1 aliphatic heterocycles. The minimum absolute atomic E-state index is 0.132. The maximum atomic E-state index is 12.3. The van der Waals surface area contributed by atoms with Crippen LogP contribution in [-0.4, -0.2) is 47.2 Å². The number of benzene rings is 1. The van der Waals surface area contributed by atoms with Gasteiger partial charge in [0.2, 0.25) is 0 Å². The lowest BCUT2D eigenvalue weighted by atomic mass is 10.3. The summed E-state index contributed by atoms with van der Waals surface area (Å²) in [6.45, 7) is 3.39. The Hall–Kier alpha value is -2.45. The number of carbonyl (C=O) groups is 1. The largest absolute Gasteiger partial charge is 0.378 e. The van der Waals surface area contributed by atoms with Crippen molar-refractivity contribution in [3.63, 3.8) is 0 Å². The molecule has 1 aromatic carbocycles. The highest BCUT2D eigenvalue weighted by atomic mass is 32.1. The van der Waals surface area contributed by atoms with Crippen LogP contribution in [0.5, 0.6) is 0 Å². The summed E-state index contributed by atoms with van der Waals surface area (Å²) in [4.78, 5) is 27.1. The van der Waals surface area contributed by atoms with E-state index in [9.17, 15) is 4.79 Å². The summed E-state index contributed by atoms with van der Waals surface area (Å²) >= 11 is 1.40. The zero-order chi connectivity index (χ0) is 16.4. The Balaban J connectivity index is 1.39. The Labute approximate surface area is 142 Å². The van der Waals surface area contributed by atoms with Gasteiger partial charge in [-0.1, -0.05) is 23.5 Å². The first-order valence-electron chi connectivity index (χ1n) is 7.80. The summed E-state index contributed by atoms with van der Waals surface area (Å²) in [6, 6.07) is 7.80. The summed E-state index contributed by atoms with van der Waals surface area (Å²) in [5.74, 6) is 0.606. The monoisotopic (exact) mass is 343 g/mol. The van der Waals surface area contributed by atoms with Crippen LogP contribution in [0, 0.1) is 0 Å². The van der Waals surface area contributed by atoms with Crippen LogP contribution in [-0.2, 0) is 11.3 Å². The fourth-order valence-electron chi connectivity index (χ4n) is 2.61. The first kappa shape index (κ1) is 15.1. The SMILES string of the molecule is O=C(NCc1nc2ccccc2[nH]1)c1cnc(N2CCOCC2)s1. The topological polar surface area (TPSA) is 83.1 Å². The molecule has 3 aromatic rings. The van der Waals surface area contributed by atoms with E-state index < -0.39 is 0 Å². The molecule has 0 unspecified atom stereocenters. The van der Waals surface area contributed by atoms with Crippen molar-refractivity contribution in [2.24, 2.45) is 0 Å². The summed E-state index contributed by atoms with van der Waals surface area (Å²) in [5.41, 5.74) is 1.86. The van der Waals surface area contributed by atoms with Crippen LogP contribution in [0.2, 0.25) is 0 Å². The van der Waals surface area contributed by atoms with Gasteiger partial charge < -0.3 is 19.9 Å². The van der Waals surface area contributed by atoms with Gasteiger partial charge in [0.05, 0.1) is 37.0 Å². The highest BCUT2D eigenvalue weighted by Crippen LogP contribution is 2.23. The number of para-hydroxylation sites is 2. The van der Waals surface area contributed by atoms with E-state index in [-0.39, 0.29) is 5.91 Å². The smallest absolute Gasteiger partial charge is 0.263 e. The van der Waals surface area contributed by atoms with Crippen molar-refractivity contribution in [2.75, 3.05) is 31.2 Å². The number of nitrogens with one attached hydrogen (secondary N) is 2. The number of hydrogen-bond acceptors (Lipinski definition) is 6. The van der Waals surface area contributed by atoms with Gasteiger partial charge in [-0.2, -0.15) is 0 Å². The molecule has 0 saturated carbocycles. The number of amides is 1. The number of imidazole rings is 1. The number of thiazole rings is 1. The van der Waals surface area contributed by atoms with Crippen LogP contribution in [0.3, 0.4) is 0 Å². The Morgan fingerprint density at radius 2 is 2.17 bits per heavy atom. The van der Waals surface area contributed by atoms with E-state index in [1.165, 1.54) is 11.3 Å². The number of hydrogen-bond donors (Lipinski definition) is 2. The molecule has 7 nitrogen and oxygen atoms in total. The molecular weight excluding hydrogens is 326 g/mol. The number of anilines is 1. The number of H-pyrrole nitrogens is 1. The van der Waals surface area contributed by atoms with Crippen molar-refractivity contribution in [1.82, 2.24) is 20.3 Å². The third-order valence-electron chi connectivity index (χ3n) is 3.85. The highest BCUT2D eigenvalue weighted by molar-refractivity contribution is 7.17. The van der Waals surface area contributed by atoms with Crippen molar-refractivity contribution in [3.8, 4) is 0 Å². The predicted octanol–water partition coefficient (Wildman–Crippen LogP) is 1.79.